The minimum atomic E-state index is -0.912. The second kappa shape index (κ2) is 9.58. The van der Waals surface area contributed by atoms with E-state index in [1.165, 1.54) is 17.2 Å². The highest BCUT2D eigenvalue weighted by atomic mass is 19.2. The predicted molar refractivity (Wildman–Crippen MR) is 114 cm³/mol. The van der Waals surface area contributed by atoms with E-state index in [1.807, 2.05) is 17.8 Å². The van der Waals surface area contributed by atoms with Gasteiger partial charge in [0.25, 0.3) is 0 Å². The third-order valence-corrected chi connectivity index (χ3v) is 5.65. The number of aryl methyl sites for hydroxylation is 2. The number of morpholine rings is 1. The van der Waals surface area contributed by atoms with Crippen molar-refractivity contribution in [2.75, 3.05) is 26.3 Å². The van der Waals surface area contributed by atoms with Crippen LogP contribution >= 0.6 is 0 Å². The molecule has 0 aliphatic carbocycles. The quantitative estimate of drug-likeness (QED) is 0.567. The molecule has 7 heteroatoms. The topological polar surface area (TPSA) is 39.5 Å². The second-order valence-corrected chi connectivity index (χ2v) is 7.88. The van der Waals surface area contributed by atoms with E-state index in [1.54, 1.807) is 0 Å². The van der Waals surface area contributed by atoms with Crippen molar-refractivity contribution in [2.24, 2.45) is 7.05 Å². The summed E-state index contributed by atoms with van der Waals surface area (Å²) < 4.78 is 39.7. The summed E-state index contributed by atoms with van der Waals surface area (Å²) in [6.45, 7) is 5.73. The summed E-state index contributed by atoms with van der Waals surface area (Å²) in [6, 6.07) is 14.0. The smallest absolute Gasteiger partial charge is 0.162 e. The van der Waals surface area contributed by atoms with Crippen LogP contribution in [0.25, 0.3) is 0 Å². The third kappa shape index (κ3) is 5.29. The van der Waals surface area contributed by atoms with Gasteiger partial charge in [0, 0.05) is 44.9 Å². The lowest BCUT2D eigenvalue weighted by Gasteiger charge is -2.32. The van der Waals surface area contributed by atoms with Gasteiger partial charge in [-0.25, -0.2) is 8.78 Å². The van der Waals surface area contributed by atoms with Crippen molar-refractivity contribution < 1.29 is 18.3 Å². The highest BCUT2D eigenvalue weighted by molar-refractivity contribution is 5.26. The SMILES string of the molecule is Cc1ccccc1CN1CCO[C@@H](c2cc(CCOc3ccc(F)c(F)c3)n(C)n2)C1. The molecule has 1 fully saturated rings. The number of rotatable bonds is 7. The molecule has 0 saturated carbocycles. The summed E-state index contributed by atoms with van der Waals surface area (Å²) in [6.07, 6.45) is 0.520. The van der Waals surface area contributed by atoms with Gasteiger partial charge in [-0.3, -0.25) is 9.58 Å². The van der Waals surface area contributed by atoms with Crippen molar-refractivity contribution in [2.45, 2.75) is 26.0 Å². The third-order valence-electron chi connectivity index (χ3n) is 5.65. The number of benzene rings is 2. The average Bonchev–Trinajstić information content (AvgIpc) is 3.13. The van der Waals surface area contributed by atoms with Gasteiger partial charge in [-0.05, 0) is 36.2 Å². The monoisotopic (exact) mass is 427 g/mol. The number of hydrogen-bond donors (Lipinski definition) is 0. The van der Waals surface area contributed by atoms with E-state index in [0.717, 1.165) is 43.2 Å². The molecular formula is C24H27F2N3O2. The van der Waals surface area contributed by atoms with Crippen LogP contribution in [0, 0.1) is 18.6 Å². The van der Waals surface area contributed by atoms with Crippen LogP contribution in [0.2, 0.25) is 0 Å². The van der Waals surface area contributed by atoms with Crippen LogP contribution in [-0.2, 0) is 24.8 Å². The summed E-state index contributed by atoms with van der Waals surface area (Å²) in [5.41, 5.74) is 4.53. The molecule has 0 N–H and O–H groups in total. The Balaban J connectivity index is 1.35. The van der Waals surface area contributed by atoms with Crippen LogP contribution < -0.4 is 4.74 Å². The Morgan fingerprint density at radius 1 is 1.13 bits per heavy atom. The standard InChI is InChI=1S/C24H27F2N3O2/c1-17-5-3-4-6-18(17)15-29-10-12-31-24(16-29)23-13-19(28(2)27-23)9-11-30-20-7-8-21(25)22(26)14-20/h3-8,13-14,24H,9-12,15-16H2,1-2H3/t24-/m1/s1. The number of halogens is 2. The van der Waals surface area contributed by atoms with Gasteiger partial charge in [-0.15, -0.1) is 0 Å². The van der Waals surface area contributed by atoms with Gasteiger partial charge in [0.15, 0.2) is 11.6 Å². The lowest BCUT2D eigenvalue weighted by atomic mass is 10.1. The fourth-order valence-corrected chi connectivity index (χ4v) is 3.82. The Labute approximate surface area is 181 Å². The first-order valence-electron chi connectivity index (χ1n) is 10.5. The van der Waals surface area contributed by atoms with Crippen molar-refractivity contribution >= 4 is 0 Å². The Hall–Kier alpha value is -2.77. The van der Waals surface area contributed by atoms with Crippen molar-refractivity contribution in [1.82, 2.24) is 14.7 Å². The Morgan fingerprint density at radius 3 is 2.77 bits per heavy atom. The Morgan fingerprint density at radius 2 is 1.97 bits per heavy atom. The van der Waals surface area contributed by atoms with Gasteiger partial charge in [-0.2, -0.15) is 5.10 Å². The summed E-state index contributed by atoms with van der Waals surface area (Å²) in [7, 11) is 1.89. The molecule has 0 spiro atoms. The van der Waals surface area contributed by atoms with Crippen molar-refractivity contribution in [1.29, 1.82) is 0 Å². The van der Waals surface area contributed by atoms with E-state index < -0.39 is 11.6 Å². The van der Waals surface area contributed by atoms with E-state index in [9.17, 15) is 8.78 Å². The first-order valence-corrected chi connectivity index (χ1v) is 10.5. The van der Waals surface area contributed by atoms with Gasteiger partial charge < -0.3 is 9.47 Å². The molecule has 164 valence electrons. The zero-order valence-electron chi connectivity index (χ0n) is 17.9. The molecule has 0 unspecified atom stereocenters. The lowest BCUT2D eigenvalue weighted by molar-refractivity contribution is -0.0352. The van der Waals surface area contributed by atoms with Crippen LogP contribution in [0.3, 0.4) is 0 Å². The number of ether oxygens (including phenoxy) is 2. The van der Waals surface area contributed by atoms with Gasteiger partial charge in [0.05, 0.1) is 18.9 Å². The van der Waals surface area contributed by atoms with Gasteiger partial charge in [0.2, 0.25) is 0 Å². The van der Waals surface area contributed by atoms with Crippen molar-refractivity contribution in [3.05, 3.63) is 82.7 Å². The minimum Gasteiger partial charge on any atom is -0.493 e. The minimum absolute atomic E-state index is 0.0789. The molecule has 2 aromatic carbocycles. The summed E-state index contributed by atoms with van der Waals surface area (Å²) >= 11 is 0. The average molecular weight is 427 g/mol. The molecule has 1 atom stereocenters. The lowest BCUT2D eigenvalue weighted by Crippen LogP contribution is -2.38. The molecule has 5 nitrogen and oxygen atoms in total. The molecule has 1 aliphatic heterocycles. The van der Waals surface area contributed by atoms with Crippen LogP contribution in [0.5, 0.6) is 5.75 Å². The van der Waals surface area contributed by atoms with Gasteiger partial charge in [0.1, 0.15) is 11.9 Å². The van der Waals surface area contributed by atoms with E-state index in [0.29, 0.717) is 25.4 Å². The van der Waals surface area contributed by atoms with Crippen LogP contribution in [0.15, 0.2) is 48.5 Å². The fraction of sp³-hybridized carbons (Fsp3) is 0.375. The maximum atomic E-state index is 13.3. The maximum Gasteiger partial charge on any atom is 0.162 e. The van der Waals surface area contributed by atoms with Crippen LogP contribution in [-0.4, -0.2) is 41.0 Å². The van der Waals surface area contributed by atoms with E-state index >= 15 is 0 Å². The normalized spacial score (nSPS) is 17.1. The predicted octanol–water partition coefficient (Wildman–Crippen LogP) is 4.20. The van der Waals surface area contributed by atoms with E-state index in [4.69, 9.17) is 9.47 Å². The molecule has 0 amide bonds. The number of nitrogens with zero attached hydrogens (tertiary/aromatic N) is 3. The highest BCUT2D eigenvalue weighted by Gasteiger charge is 2.25. The molecule has 3 aromatic rings. The molecule has 4 rings (SSSR count). The molecule has 1 aromatic heterocycles. The molecule has 31 heavy (non-hydrogen) atoms. The van der Waals surface area contributed by atoms with Crippen LogP contribution in [0.1, 0.15) is 28.6 Å². The molecule has 1 aliphatic rings. The van der Waals surface area contributed by atoms with Gasteiger partial charge in [-0.1, -0.05) is 24.3 Å². The van der Waals surface area contributed by atoms with Gasteiger partial charge >= 0.3 is 0 Å². The number of aromatic nitrogens is 2. The summed E-state index contributed by atoms with van der Waals surface area (Å²) in [5, 5.41) is 4.64. The maximum absolute atomic E-state index is 13.3. The molecule has 0 bridgehead atoms. The largest absolute Gasteiger partial charge is 0.493 e. The molecule has 1 saturated heterocycles. The van der Waals surface area contributed by atoms with E-state index in [2.05, 4.69) is 41.2 Å². The highest BCUT2D eigenvalue weighted by Crippen LogP contribution is 2.24. The Kier molecular flexibility index (Phi) is 6.63. The van der Waals surface area contributed by atoms with Crippen molar-refractivity contribution in [3.8, 4) is 5.75 Å². The van der Waals surface area contributed by atoms with E-state index in [-0.39, 0.29) is 6.10 Å². The molecule has 0 radical (unpaired) electrons. The first-order chi connectivity index (χ1) is 15.0. The zero-order valence-corrected chi connectivity index (χ0v) is 17.9. The zero-order chi connectivity index (χ0) is 21.8. The Bertz CT molecular complexity index is 1040. The summed E-state index contributed by atoms with van der Waals surface area (Å²) in [5.74, 6) is -1.48. The fourth-order valence-electron chi connectivity index (χ4n) is 3.82. The molecule has 2 heterocycles. The first kappa shape index (κ1) is 21.5. The molecular weight excluding hydrogens is 400 g/mol. The second-order valence-electron chi connectivity index (χ2n) is 7.88. The summed E-state index contributed by atoms with van der Waals surface area (Å²) in [4.78, 5) is 2.40. The number of hydrogen-bond acceptors (Lipinski definition) is 4. The van der Waals surface area contributed by atoms with Crippen molar-refractivity contribution in [3.63, 3.8) is 0 Å². The van der Waals surface area contributed by atoms with Crippen LogP contribution in [0.4, 0.5) is 8.78 Å².